The van der Waals surface area contributed by atoms with Crippen molar-refractivity contribution in [1.29, 1.82) is 5.26 Å². The minimum absolute atomic E-state index is 0.131. The summed E-state index contributed by atoms with van der Waals surface area (Å²) >= 11 is 9.99. The van der Waals surface area contributed by atoms with Gasteiger partial charge in [-0.2, -0.15) is 5.26 Å². The molecule has 9 heteroatoms. The van der Waals surface area contributed by atoms with Crippen LogP contribution in [0.1, 0.15) is 29.6 Å². The Balaban J connectivity index is 1.82. The van der Waals surface area contributed by atoms with Crippen molar-refractivity contribution in [2.24, 2.45) is 5.92 Å². The molecule has 4 N–H and O–H groups in total. The third-order valence-electron chi connectivity index (χ3n) is 3.92. The highest BCUT2D eigenvalue weighted by atomic mass is 32.1. The van der Waals surface area contributed by atoms with E-state index in [0.29, 0.717) is 5.11 Å². The average molecular weight is 359 g/mol. The summed E-state index contributed by atoms with van der Waals surface area (Å²) in [6.45, 7) is 0. The van der Waals surface area contributed by atoms with E-state index in [9.17, 15) is 14.9 Å². The molecule has 1 aromatic rings. The monoisotopic (exact) mass is 359 g/mol. The quantitative estimate of drug-likeness (QED) is 0.563. The third kappa shape index (κ3) is 3.20. The third-order valence-corrected chi connectivity index (χ3v) is 4.36. The number of thiocarbonyl (C=S) groups is 2. The second kappa shape index (κ2) is 6.51. The summed E-state index contributed by atoms with van der Waals surface area (Å²) in [6.07, 6.45) is 0.286. The zero-order valence-electron chi connectivity index (χ0n) is 12.3. The molecule has 2 aliphatic rings. The Labute approximate surface area is 148 Å². The lowest BCUT2D eigenvalue weighted by molar-refractivity contribution is -0.123. The van der Waals surface area contributed by atoms with E-state index in [0.717, 1.165) is 11.1 Å². The van der Waals surface area contributed by atoms with Gasteiger partial charge in [-0.05, 0) is 35.6 Å². The van der Waals surface area contributed by atoms with Crippen molar-refractivity contribution in [1.82, 2.24) is 21.3 Å². The molecule has 2 heterocycles. The van der Waals surface area contributed by atoms with E-state index in [1.54, 1.807) is 0 Å². The van der Waals surface area contributed by atoms with E-state index in [2.05, 4.69) is 21.3 Å². The molecule has 0 radical (unpaired) electrons. The number of carbonyl (C=O) groups is 2. The normalized spacial score (nSPS) is 26.5. The van der Waals surface area contributed by atoms with Crippen molar-refractivity contribution >= 4 is 46.5 Å². The first kappa shape index (κ1) is 16.3. The van der Waals surface area contributed by atoms with Gasteiger partial charge in [-0.3, -0.25) is 9.59 Å². The maximum atomic E-state index is 11.9. The summed E-state index contributed by atoms with van der Waals surface area (Å²) in [5, 5.41) is 20.7. The average Bonchev–Trinajstić information content (AvgIpc) is 2.53. The maximum absolute atomic E-state index is 11.9. The molecule has 0 aromatic heterocycles. The summed E-state index contributed by atoms with van der Waals surface area (Å²) in [7, 11) is 0. The van der Waals surface area contributed by atoms with Crippen LogP contribution in [-0.4, -0.2) is 22.0 Å². The number of benzene rings is 1. The molecule has 1 aromatic carbocycles. The van der Waals surface area contributed by atoms with E-state index in [-0.39, 0.29) is 23.5 Å². The molecule has 0 aliphatic carbocycles. The van der Waals surface area contributed by atoms with Crippen LogP contribution in [0.3, 0.4) is 0 Å². The SMILES string of the molecule is N#C[C@@H]1C(=O)NC(=S)N[C@@H]1c1ccc([C@H]2CC(=O)NC(=S)N2)cc1. The largest absolute Gasteiger partial charge is 0.355 e. The molecule has 7 nitrogen and oxygen atoms in total. The number of nitriles is 1. The first-order valence-electron chi connectivity index (χ1n) is 7.19. The molecule has 3 atom stereocenters. The highest BCUT2D eigenvalue weighted by molar-refractivity contribution is 7.80. The highest BCUT2D eigenvalue weighted by Gasteiger charge is 2.35. The van der Waals surface area contributed by atoms with Gasteiger partial charge < -0.3 is 21.3 Å². The Morgan fingerprint density at radius 1 is 1.00 bits per heavy atom. The van der Waals surface area contributed by atoms with Crippen molar-refractivity contribution in [3.05, 3.63) is 35.4 Å². The van der Waals surface area contributed by atoms with Gasteiger partial charge in [-0.25, -0.2) is 0 Å². The van der Waals surface area contributed by atoms with Crippen molar-refractivity contribution in [2.75, 3.05) is 0 Å². The second-order valence-electron chi connectivity index (χ2n) is 5.49. The van der Waals surface area contributed by atoms with Gasteiger partial charge in [0, 0.05) is 0 Å². The van der Waals surface area contributed by atoms with Crippen molar-refractivity contribution in [3.63, 3.8) is 0 Å². The van der Waals surface area contributed by atoms with Gasteiger partial charge in [-0.1, -0.05) is 24.3 Å². The highest BCUT2D eigenvalue weighted by Crippen LogP contribution is 2.27. The van der Waals surface area contributed by atoms with Gasteiger partial charge >= 0.3 is 0 Å². The zero-order chi connectivity index (χ0) is 17.3. The number of carbonyl (C=O) groups excluding carboxylic acids is 2. The Bertz CT molecular complexity index is 755. The topological polar surface area (TPSA) is 106 Å². The lowest BCUT2D eigenvalue weighted by Gasteiger charge is -2.30. The van der Waals surface area contributed by atoms with Crippen LogP contribution in [0.5, 0.6) is 0 Å². The molecule has 2 fully saturated rings. The summed E-state index contributed by atoms with van der Waals surface area (Å²) in [5.74, 6) is -1.41. The van der Waals surface area contributed by atoms with Crippen LogP contribution in [0.15, 0.2) is 24.3 Å². The maximum Gasteiger partial charge on any atom is 0.245 e. The Kier molecular flexibility index (Phi) is 4.42. The van der Waals surface area contributed by atoms with Crippen LogP contribution in [0, 0.1) is 17.2 Å². The number of nitrogens with one attached hydrogen (secondary N) is 4. The summed E-state index contributed by atoms with van der Waals surface area (Å²) < 4.78 is 0. The molecule has 0 spiro atoms. The van der Waals surface area contributed by atoms with Crippen LogP contribution in [0.4, 0.5) is 0 Å². The minimum atomic E-state index is -0.867. The fourth-order valence-electron chi connectivity index (χ4n) is 2.76. The van der Waals surface area contributed by atoms with E-state index >= 15 is 0 Å². The fraction of sp³-hybridized carbons (Fsp3) is 0.267. The Hall–Kier alpha value is -2.57. The minimum Gasteiger partial charge on any atom is -0.355 e. The zero-order valence-corrected chi connectivity index (χ0v) is 14.0. The number of hydrogen-bond acceptors (Lipinski definition) is 5. The molecule has 3 rings (SSSR count). The van der Waals surface area contributed by atoms with Crippen molar-refractivity contribution in [2.45, 2.75) is 18.5 Å². The molecule has 2 saturated heterocycles. The van der Waals surface area contributed by atoms with Crippen LogP contribution in [0.25, 0.3) is 0 Å². The number of nitrogens with zero attached hydrogens (tertiary/aromatic N) is 1. The van der Waals surface area contributed by atoms with Gasteiger partial charge in [0.25, 0.3) is 0 Å². The molecular formula is C15H13N5O2S2. The molecule has 24 heavy (non-hydrogen) atoms. The van der Waals surface area contributed by atoms with E-state index in [1.807, 2.05) is 30.3 Å². The Morgan fingerprint density at radius 3 is 2.25 bits per heavy atom. The fourth-order valence-corrected chi connectivity index (χ4v) is 3.24. The Morgan fingerprint density at radius 2 is 1.62 bits per heavy atom. The summed E-state index contributed by atoms with van der Waals surface area (Å²) in [4.78, 5) is 23.5. The first-order chi connectivity index (χ1) is 11.5. The van der Waals surface area contributed by atoms with E-state index in [1.165, 1.54) is 0 Å². The lowest BCUT2D eigenvalue weighted by atomic mass is 9.90. The molecule has 2 aliphatic heterocycles. The predicted octanol–water partition coefficient (Wildman–Crippen LogP) is 0.307. The smallest absolute Gasteiger partial charge is 0.245 e. The van der Waals surface area contributed by atoms with E-state index < -0.39 is 17.9 Å². The van der Waals surface area contributed by atoms with Gasteiger partial charge in [-0.15, -0.1) is 0 Å². The standard InChI is InChI=1S/C15H13N5O2S2/c16-6-9-12(19-15(24)20-13(9)22)8-3-1-7(2-4-8)10-5-11(21)18-14(23)17-10/h1-4,9-10,12H,5H2,(H2,17,18,21,23)(H2,19,20,22,24)/t9-,10+,12+/m0/s1. The predicted molar refractivity (Wildman–Crippen MR) is 93.4 cm³/mol. The van der Waals surface area contributed by atoms with Crippen LogP contribution >= 0.6 is 24.4 Å². The van der Waals surface area contributed by atoms with Crippen LogP contribution in [-0.2, 0) is 9.59 Å². The van der Waals surface area contributed by atoms with E-state index in [4.69, 9.17) is 24.4 Å². The second-order valence-corrected chi connectivity index (χ2v) is 6.31. The lowest BCUT2D eigenvalue weighted by Crippen LogP contribution is -2.53. The van der Waals surface area contributed by atoms with Gasteiger partial charge in [0.15, 0.2) is 10.2 Å². The molecule has 0 bridgehead atoms. The summed E-state index contributed by atoms with van der Waals surface area (Å²) in [6, 6.07) is 8.62. The number of rotatable bonds is 2. The van der Waals surface area contributed by atoms with Crippen molar-refractivity contribution < 1.29 is 9.59 Å². The first-order valence-corrected chi connectivity index (χ1v) is 8.01. The molecule has 0 unspecified atom stereocenters. The molecule has 122 valence electrons. The van der Waals surface area contributed by atoms with Gasteiger partial charge in [0.2, 0.25) is 11.8 Å². The van der Waals surface area contributed by atoms with Crippen LogP contribution in [0.2, 0.25) is 0 Å². The van der Waals surface area contributed by atoms with Crippen molar-refractivity contribution in [3.8, 4) is 6.07 Å². The number of hydrogen-bond donors (Lipinski definition) is 4. The van der Waals surface area contributed by atoms with Gasteiger partial charge in [0.1, 0.15) is 5.92 Å². The summed E-state index contributed by atoms with van der Waals surface area (Å²) in [5.41, 5.74) is 1.66. The van der Waals surface area contributed by atoms with Gasteiger partial charge in [0.05, 0.1) is 24.6 Å². The molecule has 0 saturated carbocycles. The molecular weight excluding hydrogens is 346 g/mol. The van der Waals surface area contributed by atoms with Crippen LogP contribution < -0.4 is 21.3 Å². The molecule has 2 amide bonds. The number of amides is 2.